The molecule has 2 rings (SSSR count). The van der Waals surface area contributed by atoms with Crippen molar-refractivity contribution in [1.29, 1.82) is 0 Å². The quantitative estimate of drug-likeness (QED) is 0.354. The summed E-state index contributed by atoms with van der Waals surface area (Å²) in [5, 5.41) is 6.36. The number of hydrogen-bond donors (Lipinski definition) is 2. The van der Waals surface area contributed by atoms with E-state index in [1.807, 2.05) is 37.2 Å². The summed E-state index contributed by atoms with van der Waals surface area (Å²) in [6.07, 6.45) is -4.32. The van der Waals surface area contributed by atoms with Gasteiger partial charge in [-0.2, -0.15) is 13.2 Å². The van der Waals surface area contributed by atoms with Crippen LogP contribution in [0.1, 0.15) is 22.3 Å². The van der Waals surface area contributed by atoms with Gasteiger partial charge in [-0.3, -0.25) is 4.99 Å². The van der Waals surface area contributed by atoms with Crippen molar-refractivity contribution in [1.82, 2.24) is 15.5 Å². The lowest BCUT2D eigenvalue weighted by Gasteiger charge is -2.14. The van der Waals surface area contributed by atoms with Crippen molar-refractivity contribution in [2.45, 2.75) is 32.4 Å². The predicted molar refractivity (Wildman–Crippen MR) is 113 cm³/mol. The van der Waals surface area contributed by atoms with E-state index in [0.717, 1.165) is 11.1 Å². The Bertz CT molecular complexity index is 852. The Balaban J connectivity index is 1.82. The fourth-order valence-electron chi connectivity index (χ4n) is 2.83. The second-order valence-electron chi connectivity index (χ2n) is 7.37. The second-order valence-corrected chi connectivity index (χ2v) is 7.37. The minimum atomic E-state index is -4.32. The van der Waals surface area contributed by atoms with Crippen LogP contribution in [0.5, 0.6) is 0 Å². The van der Waals surface area contributed by atoms with Crippen molar-refractivity contribution in [2.75, 3.05) is 27.7 Å². The van der Waals surface area contributed by atoms with Crippen LogP contribution in [0.25, 0.3) is 0 Å². The number of nitrogens with one attached hydrogen (secondary N) is 2. The highest BCUT2D eigenvalue weighted by molar-refractivity contribution is 5.79. The fraction of sp³-hybridized carbons (Fsp3) is 0.409. The third-order valence-corrected chi connectivity index (χ3v) is 4.30. The van der Waals surface area contributed by atoms with Gasteiger partial charge < -0.3 is 20.3 Å². The maximum atomic E-state index is 13.9. The Morgan fingerprint density at radius 1 is 0.968 bits per heavy atom. The van der Waals surface area contributed by atoms with E-state index in [0.29, 0.717) is 36.7 Å². The molecule has 0 saturated heterocycles. The van der Waals surface area contributed by atoms with Gasteiger partial charge in [0.05, 0.1) is 6.61 Å². The summed E-state index contributed by atoms with van der Waals surface area (Å²) in [7, 11) is 5.43. The zero-order chi connectivity index (χ0) is 22.9. The molecule has 0 unspecified atom stereocenters. The van der Waals surface area contributed by atoms with Crippen LogP contribution in [-0.2, 0) is 31.0 Å². The number of alkyl halides is 3. The molecule has 9 heteroatoms. The lowest BCUT2D eigenvalue weighted by atomic mass is 10.1. The van der Waals surface area contributed by atoms with E-state index in [1.165, 1.54) is 6.07 Å². The average molecular weight is 440 g/mol. The minimum absolute atomic E-state index is 0.0933. The zero-order valence-electron chi connectivity index (χ0n) is 17.9. The molecule has 0 heterocycles. The van der Waals surface area contributed by atoms with Gasteiger partial charge in [0.25, 0.3) is 0 Å². The molecule has 0 fully saturated rings. The van der Waals surface area contributed by atoms with E-state index in [2.05, 4.69) is 20.4 Å². The first-order valence-electron chi connectivity index (χ1n) is 9.75. The van der Waals surface area contributed by atoms with E-state index in [1.54, 1.807) is 25.2 Å². The summed E-state index contributed by atoms with van der Waals surface area (Å²) < 4.78 is 54.9. The van der Waals surface area contributed by atoms with E-state index in [9.17, 15) is 17.6 Å². The van der Waals surface area contributed by atoms with Crippen molar-refractivity contribution >= 4 is 5.96 Å². The lowest BCUT2D eigenvalue weighted by Crippen LogP contribution is -2.36. The SMILES string of the molecule is CN=C(NCc1ccc(COCC(F)(F)F)cc1)NCc1ccc(F)c(CN(C)C)c1. The van der Waals surface area contributed by atoms with Crippen LogP contribution < -0.4 is 10.6 Å². The summed E-state index contributed by atoms with van der Waals surface area (Å²) >= 11 is 0. The van der Waals surface area contributed by atoms with E-state index >= 15 is 0 Å². The molecule has 2 aromatic carbocycles. The van der Waals surface area contributed by atoms with Crippen LogP contribution in [0.4, 0.5) is 17.6 Å². The summed E-state index contributed by atoms with van der Waals surface area (Å²) in [4.78, 5) is 6.08. The standard InChI is InChI=1S/C22H28F4N4O/c1-27-21(29-12-18-8-9-20(23)19(10-18)13-30(2)3)28-11-16-4-6-17(7-5-16)14-31-15-22(24,25)26/h4-10H,11-15H2,1-3H3,(H2,27,28,29). The van der Waals surface area contributed by atoms with E-state index in [-0.39, 0.29) is 12.4 Å². The number of nitrogens with zero attached hydrogens (tertiary/aromatic N) is 2. The van der Waals surface area contributed by atoms with Gasteiger partial charge in [0.2, 0.25) is 0 Å². The largest absolute Gasteiger partial charge is 0.411 e. The minimum Gasteiger partial charge on any atom is -0.367 e. The van der Waals surface area contributed by atoms with Crippen molar-refractivity contribution in [3.8, 4) is 0 Å². The van der Waals surface area contributed by atoms with Gasteiger partial charge in [0.1, 0.15) is 12.4 Å². The summed E-state index contributed by atoms with van der Waals surface area (Å²) in [5.74, 6) is 0.350. The molecule has 0 aliphatic carbocycles. The van der Waals surface area contributed by atoms with Crippen LogP contribution in [0.15, 0.2) is 47.5 Å². The molecule has 170 valence electrons. The van der Waals surface area contributed by atoms with E-state index in [4.69, 9.17) is 0 Å². The fourth-order valence-corrected chi connectivity index (χ4v) is 2.83. The van der Waals surface area contributed by atoms with Crippen molar-refractivity contribution < 1.29 is 22.3 Å². The molecular weight excluding hydrogens is 412 g/mol. The number of halogens is 4. The number of rotatable bonds is 9. The first-order valence-corrected chi connectivity index (χ1v) is 9.75. The molecule has 0 saturated carbocycles. The van der Waals surface area contributed by atoms with Gasteiger partial charge in [0, 0.05) is 32.2 Å². The molecule has 0 amide bonds. The Kier molecular flexibility index (Phi) is 9.26. The first-order chi connectivity index (χ1) is 14.7. The third kappa shape index (κ3) is 9.35. The summed E-state index contributed by atoms with van der Waals surface area (Å²) in [5.41, 5.74) is 3.17. The van der Waals surface area contributed by atoms with Crippen molar-refractivity contribution in [3.05, 3.63) is 70.5 Å². The topological polar surface area (TPSA) is 48.9 Å². The molecule has 0 aliphatic rings. The third-order valence-electron chi connectivity index (χ3n) is 4.30. The number of hydrogen-bond acceptors (Lipinski definition) is 3. The van der Waals surface area contributed by atoms with Crippen LogP contribution >= 0.6 is 0 Å². The Hall–Kier alpha value is -2.65. The second kappa shape index (κ2) is 11.7. The van der Waals surface area contributed by atoms with Gasteiger partial charge >= 0.3 is 6.18 Å². The molecule has 0 aliphatic heterocycles. The van der Waals surface area contributed by atoms with Crippen molar-refractivity contribution in [3.63, 3.8) is 0 Å². The Morgan fingerprint density at radius 3 is 2.13 bits per heavy atom. The maximum Gasteiger partial charge on any atom is 0.411 e. The zero-order valence-corrected chi connectivity index (χ0v) is 17.9. The Labute approximate surface area is 180 Å². The smallest absolute Gasteiger partial charge is 0.367 e. The van der Waals surface area contributed by atoms with Crippen LogP contribution in [0.2, 0.25) is 0 Å². The normalized spacial score (nSPS) is 12.3. The molecule has 0 atom stereocenters. The number of ether oxygens (including phenoxy) is 1. The van der Waals surface area contributed by atoms with Gasteiger partial charge in [-0.1, -0.05) is 30.3 Å². The monoisotopic (exact) mass is 440 g/mol. The van der Waals surface area contributed by atoms with Crippen LogP contribution in [-0.4, -0.2) is 44.8 Å². The predicted octanol–water partition coefficient (Wildman–Crippen LogP) is 3.83. The lowest BCUT2D eigenvalue weighted by molar-refractivity contribution is -0.176. The molecule has 2 aromatic rings. The molecule has 0 spiro atoms. The molecule has 0 aromatic heterocycles. The highest BCUT2D eigenvalue weighted by atomic mass is 19.4. The Morgan fingerprint density at radius 2 is 1.55 bits per heavy atom. The highest BCUT2D eigenvalue weighted by Crippen LogP contribution is 2.16. The first kappa shape index (κ1) is 24.6. The van der Waals surface area contributed by atoms with Crippen LogP contribution in [0, 0.1) is 5.82 Å². The van der Waals surface area contributed by atoms with Crippen LogP contribution in [0.3, 0.4) is 0 Å². The highest BCUT2D eigenvalue weighted by Gasteiger charge is 2.27. The molecule has 2 N–H and O–H groups in total. The number of aliphatic imine (C=N–C) groups is 1. The van der Waals surface area contributed by atoms with E-state index < -0.39 is 12.8 Å². The number of guanidine groups is 1. The number of benzene rings is 2. The summed E-state index contributed by atoms with van der Waals surface area (Å²) in [6, 6.07) is 12.1. The summed E-state index contributed by atoms with van der Waals surface area (Å²) in [6.45, 7) is 0.130. The van der Waals surface area contributed by atoms with Gasteiger partial charge in [-0.05, 0) is 42.9 Å². The molecule has 5 nitrogen and oxygen atoms in total. The maximum absolute atomic E-state index is 13.9. The van der Waals surface area contributed by atoms with Gasteiger partial charge in [-0.25, -0.2) is 4.39 Å². The van der Waals surface area contributed by atoms with Crippen molar-refractivity contribution in [2.24, 2.45) is 4.99 Å². The molecule has 0 radical (unpaired) electrons. The average Bonchev–Trinajstić information content (AvgIpc) is 2.70. The van der Waals surface area contributed by atoms with Gasteiger partial charge in [-0.15, -0.1) is 0 Å². The molecular formula is C22H28F4N4O. The molecule has 31 heavy (non-hydrogen) atoms. The van der Waals surface area contributed by atoms with Gasteiger partial charge in [0.15, 0.2) is 5.96 Å². The molecule has 0 bridgehead atoms.